The van der Waals surface area contributed by atoms with Crippen molar-refractivity contribution in [3.8, 4) is 11.1 Å². The van der Waals surface area contributed by atoms with Gasteiger partial charge in [0, 0.05) is 29.3 Å². The van der Waals surface area contributed by atoms with Gasteiger partial charge in [-0.15, -0.1) is 0 Å². The zero-order valence-electron chi connectivity index (χ0n) is 12.6. The lowest BCUT2D eigenvalue weighted by Crippen LogP contribution is -2.24. The summed E-state index contributed by atoms with van der Waals surface area (Å²) in [5, 5.41) is 0.295. The van der Waals surface area contributed by atoms with Crippen molar-refractivity contribution < 1.29 is 18.0 Å². The minimum absolute atomic E-state index is 0.109. The van der Waals surface area contributed by atoms with Gasteiger partial charge in [-0.05, 0) is 29.8 Å². The monoisotopic (exact) mass is 344 g/mol. The van der Waals surface area contributed by atoms with Gasteiger partial charge in [0.25, 0.3) is 5.91 Å². The zero-order chi connectivity index (χ0) is 18.1. The summed E-state index contributed by atoms with van der Waals surface area (Å²) in [6.07, 6.45) is 1.36. The third-order valence-corrected chi connectivity index (χ3v) is 3.50. The summed E-state index contributed by atoms with van der Waals surface area (Å²) in [6, 6.07) is 6.84. The summed E-state index contributed by atoms with van der Waals surface area (Å²) in [6.45, 7) is 0. The van der Waals surface area contributed by atoms with E-state index in [1.165, 1.54) is 30.5 Å². The largest absolute Gasteiger partial charge is 0.370 e. The first kappa shape index (κ1) is 16.4. The molecule has 3 rings (SSSR count). The van der Waals surface area contributed by atoms with E-state index in [9.17, 15) is 18.0 Å². The molecule has 25 heavy (non-hydrogen) atoms. The predicted octanol–water partition coefficient (Wildman–Crippen LogP) is 2.73. The number of benzene rings is 2. The number of nitrogens with zero attached hydrogens (tertiary/aromatic N) is 2. The van der Waals surface area contributed by atoms with E-state index in [1.807, 2.05) is 0 Å². The highest BCUT2D eigenvalue weighted by atomic mass is 19.1. The Hall–Kier alpha value is -3.42. The second kappa shape index (κ2) is 6.23. The molecule has 0 aliphatic carbocycles. The fourth-order valence-electron chi connectivity index (χ4n) is 2.48. The topological polar surface area (TPSA) is 94.4 Å². The Morgan fingerprint density at radius 1 is 1.00 bits per heavy atom. The summed E-state index contributed by atoms with van der Waals surface area (Å²) in [5.74, 6) is -4.28. The first-order valence-corrected chi connectivity index (χ1v) is 7.04. The molecule has 3 aromatic rings. The van der Waals surface area contributed by atoms with Crippen LogP contribution in [0.4, 0.5) is 13.2 Å². The Bertz CT molecular complexity index is 1010. The standard InChI is InChI=1S/C17H11F3N4O/c18-9-6-12(19)15(13(20)7-9)10-3-4-23-14-2-1-8(5-11(10)14)16(25)24-17(21)22/h1-7H,(H4,21,22,24,25). The van der Waals surface area contributed by atoms with E-state index < -0.39 is 34.9 Å². The predicted molar refractivity (Wildman–Crippen MR) is 87.2 cm³/mol. The molecular weight excluding hydrogens is 333 g/mol. The van der Waals surface area contributed by atoms with Crippen molar-refractivity contribution in [2.75, 3.05) is 0 Å². The number of carbonyl (C=O) groups is 1. The van der Waals surface area contributed by atoms with Crippen molar-refractivity contribution in [2.24, 2.45) is 16.5 Å². The van der Waals surface area contributed by atoms with Crippen LogP contribution in [0, 0.1) is 17.5 Å². The summed E-state index contributed by atoms with van der Waals surface area (Å²) in [7, 11) is 0. The van der Waals surface area contributed by atoms with Crippen LogP contribution in [-0.2, 0) is 0 Å². The molecule has 8 heteroatoms. The molecule has 0 spiro atoms. The van der Waals surface area contributed by atoms with Gasteiger partial charge in [-0.1, -0.05) is 0 Å². The smallest absolute Gasteiger partial charge is 0.280 e. The molecule has 0 saturated heterocycles. The van der Waals surface area contributed by atoms with Crippen molar-refractivity contribution in [2.45, 2.75) is 0 Å². The second-order valence-electron chi connectivity index (χ2n) is 5.18. The van der Waals surface area contributed by atoms with Gasteiger partial charge in [-0.2, -0.15) is 4.99 Å². The van der Waals surface area contributed by atoms with Crippen molar-refractivity contribution in [3.05, 3.63) is 65.6 Å². The van der Waals surface area contributed by atoms with E-state index >= 15 is 0 Å². The van der Waals surface area contributed by atoms with E-state index in [1.54, 1.807) is 0 Å². The molecular formula is C17H11F3N4O. The minimum Gasteiger partial charge on any atom is -0.370 e. The van der Waals surface area contributed by atoms with E-state index in [-0.39, 0.29) is 11.1 Å². The Morgan fingerprint density at radius 3 is 2.32 bits per heavy atom. The van der Waals surface area contributed by atoms with Crippen molar-refractivity contribution >= 4 is 22.8 Å². The van der Waals surface area contributed by atoms with Gasteiger partial charge in [0.2, 0.25) is 0 Å². The summed E-state index contributed by atoms with van der Waals surface area (Å²) >= 11 is 0. The lowest BCUT2D eigenvalue weighted by molar-refractivity contribution is 0.100. The molecule has 0 radical (unpaired) electrons. The molecule has 1 aromatic heterocycles. The Balaban J connectivity index is 2.27. The normalized spacial score (nSPS) is 10.7. The van der Waals surface area contributed by atoms with Gasteiger partial charge in [-0.3, -0.25) is 9.78 Å². The molecule has 0 fully saturated rings. The molecule has 0 saturated carbocycles. The van der Waals surface area contributed by atoms with E-state index in [0.29, 0.717) is 23.0 Å². The van der Waals surface area contributed by atoms with Gasteiger partial charge in [0.15, 0.2) is 5.96 Å². The number of aliphatic imine (C=N–C) groups is 1. The van der Waals surface area contributed by atoms with E-state index in [0.717, 1.165) is 0 Å². The lowest BCUT2D eigenvalue weighted by atomic mass is 9.98. The number of aromatic nitrogens is 1. The van der Waals surface area contributed by atoms with Gasteiger partial charge in [0.05, 0.1) is 11.1 Å². The van der Waals surface area contributed by atoms with Crippen LogP contribution in [0.25, 0.3) is 22.0 Å². The maximum Gasteiger partial charge on any atom is 0.280 e. The lowest BCUT2D eigenvalue weighted by Gasteiger charge is -2.10. The number of hydrogen-bond donors (Lipinski definition) is 2. The highest BCUT2D eigenvalue weighted by molar-refractivity contribution is 6.05. The molecule has 2 aromatic carbocycles. The molecule has 0 aliphatic heterocycles. The molecule has 5 nitrogen and oxygen atoms in total. The average molecular weight is 344 g/mol. The molecule has 0 bridgehead atoms. The molecule has 0 aliphatic rings. The van der Waals surface area contributed by atoms with E-state index in [4.69, 9.17) is 11.5 Å². The highest BCUT2D eigenvalue weighted by Crippen LogP contribution is 2.32. The maximum absolute atomic E-state index is 14.1. The average Bonchev–Trinajstić information content (AvgIpc) is 2.53. The number of pyridine rings is 1. The van der Waals surface area contributed by atoms with E-state index in [2.05, 4.69) is 9.98 Å². The van der Waals surface area contributed by atoms with Gasteiger partial charge in [-0.25, -0.2) is 13.2 Å². The van der Waals surface area contributed by atoms with Crippen LogP contribution < -0.4 is 11.5 Å². The zero-order valence-corrected chi connectivity index (χ0v) is 12.6. The van der Waals surface area contributed by atoms with Crippen LogP contribution >= 0.6 is 0 Å². The number of rotatable bonds is 2. The van der Waals surface area contributed by atoms with Crippen LogP contribution in [0.5, 0.6) is 0 Å². The fraction of sp³-hybridized carbons (Fsp3) is 0. The van der Waals surface area contributed by atoms with Crippen LogP contribution in [0.3, 0.4) is 0 Å². The number of fused-ring (bicyclic) bond motifs is 1. The van der Waals surface area contributed by atoms with Crippen molar-refractivity contribution in [1.82, 2.24) is 4.98 Å². The first-order chi connectivity index (χ1) is 11.9. The quantitative estimate of drug-likeness (QED) is 0.552. The van der Waals surface area contributed by atoms with Crippen LogP contribution in [0.2, 0.25) is 0 Å². The molecule has 4 N–H and O–H groups in total. The molecule has 126 valence electrons. The highest BCUT2D eigenvalue weighted by Gasteiger charge is 2.17. The Morgan fingerprint density at radius 2 is 1.68 bits per heavy atom. The van der Waals surface area contributed by atoms with Gasteiger partial charge >= 0.3 is 0 Å². The summed E-state index contributed by atoms with van der Waals surface area (Å²) < 4.78 is 41.4. The number of amides is 1. The summed E-state index contributed by atoms with van der Waals surface area (Å²) in [5.41, 5.74) is 10.6. The van der Waals surface area contributed by atoms with Crippen molar-refractivity contribution in [1.29, 1.82) is 0 Å². The second-order valence-corrected chi connectivity index (χ2v) is 5.18. The van der Waals surface area contributed by atoms with Crippen molar-refractivity contribution in [3.63, 3.8) is 0 Å². The Labute approximate surface area is 139 Å². The Kier molecular flexibility index (Phi) is 4.10. The maximum atomic E-state index is 14.1. The first-order valence-electron chi connectivity index (χ1n) is 7.04. The third-order valence-electron chi connectivity index (χ3n) is 3.50. The minimum atomic E-state index is -1.06. The van der Waals surface area contributed by atoms with Crippen LogP contribution in [0.15, 0.2) is 47.6 Å². The molecule has 0 atom stereocenters. The number of carbonyl (C=O) groups excluding carboxylic acids is 1. The van der Waals surface area contributed by atoms with Crippen LogP contribution in [-0.4, -0.2) is 16.9 Å². The molecule has 1 heterocycles. The fourth-order valence-corrected chi connectivity index (χ4v) is 2.48. The molecule has 0 unspecified atom stereocenters. The van der Waals surface area contributed by atoms with Gasteiger partial charge < -0.3 is 11.5 Å². The number of guanidine groups is 1. The number of nitrogens with two attached hydrogens (primary N) is 2. The SMILES string of the molecule is NC(N)=NC(=O)c1ccc2nccc(-c3c(F)cc(F)cc3F)c2c1. The molecule has 1 amide bonds. The number of hydrogen-bond acceptors (Lipinski definition) is 2. The third kappa shape index (κ3) is 3.14. The van der Waals surface area contributed by atoms with Crippen LogP contribution in [0.1, 0.15) is 10.4 Å². The van der Waals surface area contributed by atoms with Gasteiger partial charge in [0.1, 0.15) is 17.5 Å². The number of halogens is 3. The summed E-state index contributed by atoms with van der Waals surface area (Å²) in [4.78, 5) is 19.5.